The highest BCUT2D eigenvalue weighted by atomic mass is 35.5. The number of thiophene rings is 1. The van der Waals surface area contributed by atoms with Crippen molar-refractivity contribution in [2.75, 3.05) is 46.5 Å². The van der Waals surface area contributed by atoms with Gasteiger partial charge in [-0.1, -0.05) is 23.7 Å². The molecule has 0 aliphatic carbocycles. The minimum Gasteiger partial charge on any atom is -0.495 e. The Morgan fingerprint density at radius 2 is 1.79 bits per heavy atom. The summed E-state index contributed by atoms with van der Waals surface area (Å²) in [5.41, 5.74) is 2.30. The summed E-state index contributed by atoms with van der Waals surface area (Å²) in [5.74, 6) is 1.25. The third kappa shape index (κ3) is 4.95. The lowest BCUT2D eigenvalue weighted by Gasteiger charge is -2.39. The number of nitrogens with zero attached hydrogens (tertiary/aromatic N) is 2. The normalized spacial score (nSPS) is 21.0. The second-order valence-electron chi connectivity index (χ2n) is 9.40. The molecule has 2 aromatic rings. The van der Waals surface area contributed by atoms with Crippen molar-refractivity contribution in [3.05, 3.63) is 39.7 Å². The minimum absolute atomic E-state index is 0.0830. The van der Waals surface area contributed by atoms with Crippen LogP contribution in [0.1, 0.15) is 59.7 Å². The van der Waals surface area contributed by atoms with E-state index < -0.39 is 0 Å². The van der Waals surface area contributed by atoms with Crippen molar-refractivity contribution in [3.63, 3.8) is 0 Å². The average Bonchev–Trinajstić information content (AvgIpc) is 3.55. The third-order valence-corrected chi connectivity index (χ3v) is 8.95. The Labute approximate surface area is 205 Å². The molecule has 0 bridgehead atoms. The van der Waals surface area contributed by atoms with Gasteiger partial charge in [0, 0.05) is 42.2 Å². The van der Waals surface area contributed by atoms with Crippen LogP contribution in [0.4, 0.5) is 0 Å². The SMILES string of the molecule is COc1cc(-c2ccc(C3CCN(C4CCOCC4)CC3)c(Cl)c2)sc1C(=O)N1CCCC1. The molecule has 3 aliphatic rings. The molecule has 0 saturated carbocycles. The number of rotatable bonds is 5. The molecule has 0 N–H and O–H groups in total. The van der Waals surface area contributed by atoms with Crippen LogP contribution in [0, 0.1) is 0 Å². The molecule has 3 fully saturated rings. The predicted molar refractivity (Wildman–Crippen MR) is 134 cm³/mol. The van der Waals surface area contributed by atoms with Crippen molar-refractivity contribution in [2.45, 2.75) is 50.5 Å². The van der Waals surface area contributed by atoms with Crippen LogP contribution >= 0.6 is 22.9 Å². The first-order valence-corrected chi connectivity index (χ1v) is 13.4. The van der Waals surface area contributed by atoms with Gasteiger partial charge in [-0.05, 0) is 80.8 Å². The molecular formula is C26H33ClN2O3S. The maximum atomic E-state index is 13.0. The molecule has 3 aliphatic heterocycles. The van der Waals surface area contributed by atoms with Crippen LogP contribution in [0.25, 0.3) is 10.4 Å². The van der Waals surface area contributed by atoms with Crippen molar-refractivity contribution >= 4 is 28.8 Å². The molecule has 178 valence electrons. The van der Waals surface area contributed by atoms with E-state index in [4.69, 9.17) is 21.1 Å². The van der Waals surface area contributed by atoms with Crippen LogP contribution in [0.15, 0.2) is 24.3 Å². The number of benzene rings is 1. The Morgan fingerprint density at radius 3 is 2.45 bits per heavy atom. The van der Waals surface area contributed by atoms with Crippen LogP contribution < -0.4 is 4.74 Å². The van der Waals surface area contributed by atoms with Gasteiger partial charge in [0.15, 0.2) is 0 Å². The van der Waals surface area contributed by atoms with E-state index in [1.807, 2.05) is 11.0 Å². The number of amides is 1. The summed E-state index contributed by atoms with van der Waals surface area (Å²) in [6, 6.07) is 9.08. The highest BCUT2D eigenvalue weighted by Crippen LogP contribution is 2.41. The van der Waals surface area contributed by atoms with Gasteiger partial charge in [0.25, 0.3) is 5.91 Å². The van der Waals surface area contributed by atoms with Crippen LogP contribution in [-0.2, 0) is 4.74 Å². The van der Waals surface area contributed by atoms with E-state index in [2.05, 4.69) is 23.1 Å². The van der Waals surface area contributed by atoms with Crippen LogP contribution in [0.5, 0.6) is 5.75 Å². The first-order chi connectivity index (χ1) is 16.1. The summed E-state index contributed by atoms with van der Waals surface area (Å²) in [4.78, 5) is 19.3. The molecule has 1 aromatic carbocycles. The molecule has 5 rings (SSSR count). The first-order valence-electron chi connectivity index (χ1n) is 12.2. The summed E-state index contributed by atoms with van der Waals surface area (Å²) in [7, 11) is 1.63. The van der Waals surface area contributed by atoms with Gasteiger partial charge >= 0.3 is 0 Å². The smallest absolute Gasteiger partial charge is 0.267 e. The quantitative estimate of drug-likeness (QED) is 0.543. The summed E-state index contributed by atoms with van der Waals surface area (Å²) < 4.78 is 11.1. The number of piperidine rings is 1. The number of halogens is 1. The first kappa shape index (κ1) is 23.2. The average molecular weight is 489 g/mol. The van der Waals surface area contributed by atoms with Crippen molar-refractivity contribution in [3.8, 4) is 16.2 Å². The zero-order valence-electron chi connectivity index (χ0n) is 19.4. The fraction of sp³-hybridized carbons (Fsp3) is 0.577. The lowest BCUT2D eigenvalue weighted by molar-refractivity contribution is 0.0252. The van der Waals surface area contributed by atoms with Gasteiger partial charge in [0.2, 0.25) is 0 Å². The Hall–Kier alpha value is -1.60. The zero-order valence-corrected chi connectivity index (χ0v) is 20.9. The van der Waals surface area contributed by atoms with Gasteiger partial charge in [0.05, 0.1) is 7.11 Å². The number of likely N-dealkylation sites (tertiary alicyclic amines) is 2. The van der Waals surface area contributed by atoms with Gasteiger partial charge in [-0.3, -0.25) is 4.79 Å². The number of carbonyl (C=O) groups excluding carboxylic acids is 1. The monoisotopic (exact) mass is 488 g/mol. The summed E-state index contributed by atoms with van der Waals surface area (Å²) in [5, 5.41) is 0.830. The van der Waals surface area contributed by atoms with Gasteiger partial charge in [0.1, 0.15) is 10.6 Å². The Balaban J connectivity index is 1.29. The standard InChI is InChI=1S/C26H33ClN2O3S/c1-31-23-17-24(33-25(23)26(30)29-10-2-3-11-29)19-4-5-21(22(27)16-19)18-6-12-28(13-7-18)20-8-14-32-15-9-20/h4-5,16-18,20H,2-3,6-15H2,1H3. The number of methoxy groups -OCH3 is 1. The molecule has 1 amide bonds. The predicted octanol–water partition coefficient (Wildman–Crippen LogP) is 5.67. The van der Waals surface area contributed by atoms with Gasteiger partial charge in [-0.25, -0.2) is 0 Å². The fourth-order valence-electron chi connectivity index (χ4n) is 5.52. The number of hydrogen-bond acceptors (Lipinski definition) is 5. The van der Waals surface area contributed by atoms with Crippen LogP contribution in [0.3, 0.4) is 0 Å². The maximum Gasteiger partial charge on any atom is 0.267 e. The van der Waals surface area contributed by atoms with E-state index in [-0.39, 0.29) is 5.91 Å². The second-order valence-corrected chi connectivity index (χ2v) is 10.9. The summed E-state index contributed by atoms with van der Waals surface area (Å²) in [6.45, 7) is 5.74. The molecule has 1 aromatic heterocycles. The van der Waals surface area contributed by atoms with Gasteiger partial charge in [-0.2, -0.15) is 0 Å². The van der Waals surface area contributed by atoms with Crippen molar-refractivity contribution in [1.29, 1.82) is 0 Å². The molecule has 3 saturated heterocycles. The largest absolute Gasteiger partial charge is 0.495 e. The zero-order chi connectivity index (χ0) is 22.8. The molecular weight excluding hydrogens is 456 g/mol. The maximum absolute atomic E-state index is 13.0. The molecule has 4 heterocycles. The number of hydrogen-bond donors (Lipinski definition) is 0. The molecule has 0 radical (unpaired) electrons. The second kappa shape index (κ2) is 10.3. The third-order valence-electron chi connectivity index (χ3n) is 7.47. The van der Waals surface area contributed by atoms with E-state index in [1.165, 1.54) is 16.9 Å². The van der Waals surface area contributed by atoms with Crippen molar-refractivity contribution in [1.82, 2.24) is 9.80 Å². The lowest BCUT2D eigenvalue weighted by Crippen LogP contribution is -2.43. The molecule has 5 nitrogen and oxygen atoms in total. The van der Waals surface area contributed by atoms with E-state index in [9.17, 15) is 4.79 Å². The highest BCUT2D eigenvalue weighted by molar-refractivity contribution is 7.17. The fourth-order valence-corrected chi connectivity index (χ4v) is 6.94. The molecule has 0 spiro atoms. The van der Waals surface area contributed by atoms with Crippen molar-refractivity contribution in [2.24, 2.45) is 0 Å². The van der Waals surface area contributed by atoms with Crippen LogP contribution in [0.2, 0.25) is 5.02 Å². The number of ether oxygens (including phenoxy) is 2. The molecule has 33 heavy (non-hydrogen) atoms. The van der Waals surface area contributed by atoms with Gasteiger partial charge < -0.3 is 19.3 Å². The number of carbonyl (C=O) groups is 1. The van der Waals surface area contributed by atoms with E-state index >= 15 is 0 Å². The van der Waals surface area contributed by atoms with Crippen molar-refractivity contribution < 1.29 is 14.3 Å². The van der Waals surface area contributed by atoms with E-state index in [1.54, 1.807) is 7.11 Å². The topological polar surface area (TPSA) is 42.0 Å². The minimum atomic E-state index is 0.0830. The van der Waals surface area contributed by atoms with E-state index in [0.717, 1.165) is 93.4 Å². The lowest BCUT2D eigenvalue weighted by atomic mass is 9.87. The Kier molecular flexibility index (Phi) is 7.26. The highest BCUT2D eigenvalue weighted by Gasteiger charge is 2.29. The van der Waals surface area contributed by atoms with Crippen LogP contribution in [-0.4, -0.2) is 68.3 Å². The summed E-state index contributed by atoms with van der Waals surface area (Å²) >= 11 is 8.32. The summed E-state index contributed by atoms with van der Waals surface area (Å²) in [6.07, 6.45) is 6.78. The Bertz CT molecular complexity index is 974. The van der Waals surface area contributed by atoms with E-state index in [0.29, 0.717) is 22.6 Å². The molecule has 0 unspecified atom stereocenters. The van der Waals surface area contributed by atoms with Gasteiger partial charge in [-0.15, -0.1) is 11.3 Å². The molecule has 7 heteroatoms. The Morgan fingerprint density at radius 1 is 1.06 bits per heavy atom. The molecule has 0 atom stereocenters.